The molecule has 2 unspecified atom stereocenters. The van der Waals surface area contributed by atoms with Crippen LogP contribution in [0.1, 0.15) is 58.9 Å². The number of rotatable bonds is 11. The molecule has 52 heavy (non-hydrogen) atoms. The molecule has 5 atom stereocenters. The van der Waals surface area contributed by atoms with Gasteiger partial charge < -0.3 is 19.7 Å². The number of anilines is 1. The van der Waals surface area contributed by atoms with Crippen LogP contribution in [0.15, 0.2) is 55.5 Å². The monoisotopic (exact) mass is 752 g/mol. The summed E-state index contributed by atoms with van der Waals surface area (Å²) < 4.78 is 40.2. The minimum atomic E-state index is -4.01. The number of nitrogens with zero attached hydrogens (tertiary/aromatic N) is 4. The van der Waals surface area contributed by atoms with E-state index in [1.54, 1.807) is 37.8 Å². The molecule has 2 N–H and O–H groups in total. The van der Waals surface area contributed by atoms with Gasteiger partial charge in [0.1, 0.15) is 23.4 Å². The lowest BCUT2D eigenvalue weighted by Gasteiger charge is -2.40. The molecule has 2 saturated carbocycles. The van der Waals surface area contributed by atoms with Gasteiger partial charge in [-0.25, -0.2) is 23.1 Å². The number of carbonyl (C=O) groups excluding carboxylic acids is 3. The Hall–Kier alpha value is -4.43. The third-order valence-electron chi connectivity index (χ3n) is 10.0. The summed E-state index contributed by atoms with van der Waals surface area (Å²) in [5, 5.41) is 4.43. The van der Waals surface area contributed by atoms with Crippen molar-refractivity contribution in [3.63, 3.8) is 0 Å². The van der Waals surface area contributed by atoms with Gasteiger partial charge in [-0.3, -0.25) is 19.3 Å². The highest BCUT2D eigenvalue weighted by atomic mass is 35.5. The summed E-state index contributed by atoms with van der Waals surface area (Å²) in [7, 11) is -2.47. The molecule has 0 radical (unpaired) electrons. The van der Waals surface area contributed by atoms with Gasteiger partial charge in [-0.1, -0.05) is 38.4 Å². The van der Waals surface area contributed by atoms with Crippen LogP contribution in [-0.4, -0.2) is 88.7 Å². The van der Waals surface area contributed by atoms with Gasteiger partial charge in [0.15, 0.2) is 0 Å². The zero-order valence-corrected chi connectivity index (χ0v) is 31.8. The summed E-state index contributed by atoms with van der Waals surface area (Å²) in [5.41, 5.74) is -1.20. The Kier molecular flexibility index (Phi) is 9.94. The van der Waals surface area contributed by atoms with Crippen LogP contribution in [0.2, 0.25) is 5.02 Å². The number of fused-ring (bicyclic) bond motifs is 1. The number of hydrogen-bond donors (Lipinski definition) is 2. The van der Waals surface area contributed by atoms with Crippen LogP contribution in [0.5, 0.6) is 11.6 Å². The minimum absolute atomic E-state index is 0.0214. The number of nitrogens with one attached hydrogen (secondary N) is 2. The summed E-state index contributed by atoms with van der Waals surface area (Å²) >= 11 is 6.33. The predicted molar refractivity (Wildman–Crippen MR) is 198 cm³/mol. The third-order valence-corrected chi connectivity index (χ3v) is 12.1. The van der Waals surface area contributed by atoms with Crippen molar-refractivity contribution in [1.82, 2.24) is 24.5 Å². The Morgan fingerprint density at radius 2 is 1.88 bits per heavy atom. The molecule has 278 valence electrons. The van der Waals surface area contributed by atoms with Crippen LogP contribution >= 0.6 is 11.6 Å². The van der Waals surface area contributed by atoms with Gasteiger partial charge in [-0.2, -0.15) is 0 Å². The highest BCUT2D eigenvalue weighted by Gasteiger charge is 2.68. The van der Waals surface area contributed by atoms with E-state index in [1.165, 1.54) is 11.0 Å². The van der Waals surface area contributed by atoms with E-state index in [2.05, 4.69) is 26.6 Å². The summed E-state index contributed by atoms with van der Waals surface area (Å²) in [6, 6.07) is 4.92. The zero-order chi connectivity index (χ0) is 37.7. The van der Waals surface area contributed by atoms with Gasteiger partial charge in [0.25, 0.3) is 11.8 Å². The first kappa shape index (κ1) is 37.3. The number of benzene rings is 1. The number of amides is 4. The highest BCUT2D eigenvalue weighted by Crippen LogP contribution is 2.52. The summed E-state index contributed by atoms with van der Waals surface area (Å²) in [5.74, 6) is -1.45. The lowest BCUT2D eigenvalue weighted by atomic mass is 9.85. The van der Waals surface area contributed by atoms with Crippen LogP contribution in [0.4, 0.5) is 10.5 Å². The van der Waals surface area contributed by atoms with Gasteiger partial charge >= 0.3 is 6.03 Å². The molecular formula is C37H45ClN6O7S. The van der Waals surface area contributed by atoms with Gasteiger partial charge in [-0.05, 0) is 68.4 Å². The first-order valence-electron chi connectivity index (χ1n) is 17.3. The number of sulfonamides is 1. The highest BCUT2D eigenvalue weighted by molar-refractivity contribution is 7.91. The van der Waals surface area contributed by atoms with E-state index in [0.717, 1.165) is 15.8 Å². The van der Waals surface area contributed by atoms with Gasteiger partial charge in [0.05, 0.1) is 30.8 Å². The van der Waals surface area contributed by atoms with E-state index >= 15 is 4.79 Å². The van der Waals surface area contributed by atoms with Crippen LogP contribution in [0, 0.1) is 18.3 Å². The van der Waals surface area contributed by atoms with Crippen molar-refractivity contribution in [1.29, 1.82) is 0 Å². The number of halogens is 1. The normalized spacial score (nSPS) is 23.4. The number of urea groups is 1. The summed E-state index contributed by atoms with van der Waals surface area (Å²) in [6.07, 6.45) is 7.03. The van der Waals surface area contributed by atoms with Crippen molar-refractivity contribution in [3.05, 3.63) is 66.1 Å². The molecule has 3 fully saturated rings. The first-order chi connectivity index (χ1) is 24.5. The molecule has 6 rings (SSSR count). The topological polar surface area (TPSA) is 160 Å². The summed E-state index contributed by atoms with van der Waals surface area (Å²) in [4.78, 5) is 55.4. The molecule has 13 nitrogen and oxygen atoms in total. The van der Waals surface area contributed by atoms with Crippen molar-refractivity contribution in [2.24, 2.45) is 11.3 Å². The van der Waals surface area contributed by atoms with Crippen molar-refractivity contribution in [2.45, 2.75) is 89.3 Å². The fourth-order valence-electron chi connectivity index (χ4n) is 6.93. The van der Waals surface area contributed by atoms with Crippen LogP contribution < -0.4 is 19.5 Å². The Morgan fingerprint density at radius 3 is 2.50 bits per heavy atom. The second-order valence-corrected chi connectivity index (χ2v) is 17.5. The molecule has 2 aromatic heterocycles. The minimum Gasteiger partial charge on any atom is -0.494 e. The van der Waals surface area contributed by atoms with E-state index in [-0.39, 0.29) is 13.0 Å². The van der Waals surface area contributed by atoms with E-state index in [9.17, 15) is 18.0 Å². The third kappa shape index (κ3) is 7.14. The van der Waals surface area contributed by atoms with E-state index in [1.807, 2.05) is 46.8 Å². The molecule has 2 aliphatic carbocycles. The summed E-state index contributed by atoms with van der Waals surface area (Å²) in [6.45, 7) is 13.2. The Bertz CT molecular complexity index is 2030. The molecule has 3 aromatic rings. The number of methoxy groups -OCH3 is 1. The van der Waals surface area contributed by atoms with Crippen molar-refractivity contribution >= 4 is 55.9 Å². The largest absolute Gasteiger partial charge is 0.494 e. The van der Waals surface area contributed by atoms with Crippen LogP contribution in [-0.2, 0) is 19.6 Å². The Balaban J connectivity index is 1.36. The number of aryl methyl sites for hydroxylation is 1. The van der Waals surface area contributed by atoms with Crippen molar-refractivity contribution in [3.8, 4) is 11.6 Å². The van der Waals surface area contributed by atoms with Gasteiger partial charge in [0.2, 0.25) is 15.9 Å². The average molecular weight is 753 g/mol. The molecule has 3 aliphatic rings. The van der Waals surface area contributed by atoms with Crippen molar-refractivity contribution in [2.75, 3.05) is 19.0 Å². The number of likely N-dealkylation sites (tertiary alicyclic amines) is 1. The molecule has 1 saturated heterocycles. The quantitative estimate of drug-likeness (QED) is 0.241. The van der Waals surface area contributed by atoms with Crippen molar-refractivity contribution < 1.29 is 32.3 Å². The molecule has 0 spiro atoms. The average Bonchev–Trinajstić information content (AvgIpc) is 4.01. The standard InChI is InChI=1S/C37H45ClN6O7S/c1-8-23-16-37(23,34(46)42-52(48,49)27-10-11-27)44(33(45)31(36(4,5)6)41-25-13-21(2)17-39-18-25)35(47)43-20-26(14-22(43)3)51-32-29-15-24(38)9-12-28(29)30(50-7)19-40-32/h8-9,12-13,15,17-19,22-23,26-27,31,41H,1,10-11,14,16,20H2,2-7H3,(H,42,46)/t22?,23-,26-,31?,37-/m1/s1. The number of hydrogen-bond acceptors (Lipinski definition) is 10. The Morgan fingerprint density at radius 1 is 1.15 bits per heavy atom. The van der Waals surface area contributed by atoms with Crippen LogP contribution in [0.25, 0.3) is 10.8 Å². The number of carbonyl (C=O) groups is 3. The smallest absolute Gasteiger partial charge is 0.328 e. The van der Waals surface area contributed by atoms with E-state index in [4.69, 9.17) is 21.1 Å². The number of ether oxygens (including phenoxy) is 2. The zero-order valence-electron chi connectivity index (χ0n) is 30.2. The maximum atomic E-state index is 15.0. The molecule has 3 heterocycles. The number of imide groups is 1. The van der Waals surface area contributed by atoms with E-state index in [0.29, 0.717) is 47.0 Å². The maximum Gasteiger partial charge on any atom is 0.328 e. The molecule has 0 bridgehead atoms. The number of pyridine rings is 2. The fourth-order valence-corrected chi connectivity index (χ4v) is 8.47. The Labute approximate surface area is 309 Å². The predicted octanol–water partition coefficient (Wildman–Crippen LogP) is 5.47. The molecule has 1 aliphatic heterocycles. The molecule has 4 amide bonds. The van der Waals surface area contributed by atoms with E-state index < -0.39 is 68.2 Å². The van der Waals surface area contributed by atoms with Crippen LogP contribution in [0.3, 0.4) is 0 Å². The molecule has 15 heteroatoms. The molecular weight excluding hydrogens is 708 g/mol. The second-order valence-electron chi connectivity index (χ2n) is 15.1. The fraction of sp³-hybridized carbons (Fsp3) is 0.486. The first-order valence-corrected chi connectivity index (χ1v) is 19.2. The van der Waals surface area contributed by atoms with Gasteiger partial charge in [0, 0.05) is 46.6 Å². The lowest BCUT2D eigenvalue weighted by Crippen LogP contribution is -2.64. The molecule has 1 aromatic carbocycles. The number of aromatic nitrogens is 2. The lowest BCUT2D eigenvalue weighted by molar-refractivity contribution is -0.141. The SMILES string of the molecule is C=C[C@@H]1C[C@@]1(C(=O)NS(=O)(=O)C1CC1)N(C(=O)C(Nc1cncc(C)c1)C(C)(C)C)C(=O)N1C[C@H](Oc2ncc(OC)c3ccc(Cl)cc23)CC1C. The second kappa shape index (κ2) is 13.8. The van der Waals surface area contributed by atoms with Gasteiger partial charge in [-0.15, -0.1) is 6.58 Å². The maximum absolute atomic E-state index is 15.0.